The molecule has 1 fully saturated rings. The Hall–Kier alpha value is -0.420. The molecule has 0 saturated heterocycles. The highest BCUT2D eigenvalue weighted by Gasteiger charge is 2.33. The van der Waals surface area contributed by atoms with E-state index in [0.717, 1.165) is 30.9 Å². The number of thiazole rings is 1. The predicted molar refractivity (Wildman–Crippen MR) is 94.2 cm³/mol. The topological polar surface area (TPSA) is 47.0 Å². The normalized spacial score (nSPS) is 23.6. The molecule has 0 unspecified atom stereocenters. The lowest BCUT2D eigenvalue weighted by atomic mass is 9.81. The molecule has 0 aliphatic heterocycles. The smallest absolute Gasteiger partial charge is 0.155 e. The highest BCUT2D eigenvalue weighted by molar-refractivity contribution is 7.92. The number of hydrogen-bond donors (Lipinski definition) is 0. The van der Waals surface area contributed by atoms with Gasteiger partial charge in [0.25, 0.3) is 0 Å². The van der Waals surface area contributed by atoms with Crippen LogP contribution in [0.3, 0.4) is 0 Å². The molecule has 1 aromatic rings. The summed E-state index contributed by atoms with van der Waals surface area (Å²) in [6.07, 6.45) is 6.76. The molecule has 1 heterocycles. The molecule has 0 bridgehead atoms. The van der Waals surface area contributed by atoms with Crippen LogP contribution in [0.2, 0.25) is 0 Å². The SMILES string of the molecule is Cc1csc(CCC2CCC(CS(=O)(=O)C(C)(C)C)CC2)n1. The molecule has 0 spiro atoms. The van der Waals surface area contributed by atoms with E-state index in [1.807, 2.05) is 27.7 Å². The van der Waals surface area contributed by atoms with Crippen molar-refractivity contribution >= 4 is 21.2 Å². The van der Waals surface area contributed by atoms with Crippen LogP contribution in [-0.2, 0) is 16.3 Å². The fourth-order valence-corrected chi connectivity index (χ4v) is 5.34. The summed E-state index contributed by atoms with van der Waals surface area (Å²) in [5.74, 6) is 1.48. The van der Waals surface area contributed by atoms with Gasteiger partial charge < -0.3 is 0 Å². The fourth-order valence-electron chi connectivity index (χ4n) is 3.09. The maximum absolute atomic E-state index is 12.3. The number of sulfone groups is 1. The van der Waals surface area contributed by atoms with Crippen LogP contribution in [0.1, 0.15) is 63.6 Å². The minimum absolute atomic E-state index is 0.364. The lowest BCUT2D eigenvalue weighted by Gasteiger charge is -2.30. The molecular formula is C17H29NO2S2. The monoisotopic (exact) mass is 343 g/mol. The Kier molecular flexibility index (Phi) is 5.70. The van der Waals surface area contributed by atoms with E-state index >= 15 is 0 Å². The van der Waals surface area contributed by atoms with E-state index < -0.39 is 14.6 Å². The van der Waals surface area contributed by atoms with Crippen LogP contribution in [0.15, 0.2) is 5.38 Å². The van der Waals surface area contributed by atoms with E-state index in [2.05, 4.69) is 10.4 Å². The van der Waals surface area contributed by atoms with Crippen LogP contribution < -0.4 is 0 Å². The third-order valence-electron chi connectivity index (χ3n) is 4.79. The number of aryl methyl sites for hydroxylation is 2. The van der Waals surface area contributed by atoms with Gasteiger partial charge >= 0.3 is 0 Å². The zero-order valence-corrected chi connectivity index (χ0v) is 15.9. The maximum Gasteiger partial charge on any atom is 0.155 e. The zero-order valence-electron chi connectivity index (χ0n) is 14.3. The Morgan fingerprint density at radius 1 is 1.18 bits per heavy atom. The predicted octanol–water partition coefficient (Wildman–Crippen LogP) is 4.40. The van der Waals surface area contributed by atoms with Gasteiger partial charge in [0.2, 0.25) is 0 Å². The lowest BCUT2D eigenvalue weighted by molar-refractivity contribution is 0.278. The lowest BCUT2D eigenvalue weighted by Crippen LogP contribution is -2.34. The van der Waals surface area contributed by atoms with E-state index in [-0.39, 0.29) is 0 Å². The van der Waals surface area contributed by atoms with Gasteiger partial charge in [-0.1, -0.05) is 12.8 Å². The highest BCUT2D eigenvalue weighted by atomic mass is 32.2. The first kappa shape index (κ1) is 17.9. The molecule has 1 aromatic heterocycles. The van der Waals surface area contributed by atoms with E-state index in [4.69, 9.17) is 0 Å². The van der Waals surface area contributed by atoms with Crippen molar-refractivity contribution in [3.8, 4) is 0 Å². The molecule has 0 radical (unpaired) electrons. The third-order valence-corrected chi connectivity index (χ3v) is 8.59. The summed E-state index contributed by atoms with van der Waals surface area (Å²) in [5.41, 5.74) is 1.12. The fraction of sp³-hybridized carbons (Fsp3) is 0.824. The van der Waals surface area contributed by atoms with Crippen LogP contribution in [-0.4, -0.2) is 23.9 Å². The van der Waals surface area contributed by atoms with E-state index in [9.17, 15) is 8.42 Å². The van der Waals surface area contributed by atoms with Crippen LogP contribution >= 0.6 is 11.3 Å². The average Bonchev–Trinajstić information content (AvgIpc) is 2.82. The van der Waals surface area contributed by atoms with E-state index in [0.29, 0.717) is 11.7 Å². The van der Waals surface area contributed by atoms with Crippen molar-refractivity contribution in [3.05, 3.63) is 16.1 Å². The molecule has 2 rings (SSSR count). The standard InChI is InChI=1S/C17H29NO2S2/c1-13-11-21-16(18-13)10-9-14-5-7-15(8-6-14)12-22(19,20)17(2,3)4/h11,14-15H,5-10,12H2,1-4H3. The van der Waals surface area contributed by atoms with Crippen LogP contribution in [0.4, 0.5) is 0 Å². The van der Waals surface area contributed by atoms with E-state index in [1.54, 1.807) is 11.3 Å². The van der Waals surface area contributed by atoms with Crippen LogP contribution in [0.25, 0.3) is 0 Å². The summed E-state index contributed by atoms with van der Waals surface area (Å²) in [7, 11) is -2.98. The van der Waals surface area contributed by atoms with Crippen molar-refractivity contribution in [3.63, 3.8) is 0 Å². The number of nitrogens with zero attached hydrogens (tertiary/aromatic N) is 1. The maximum atomic E-state index is 12.3. The number of hydrogen-bond acceptors (Lipinski definition) is 4. The summed E-state index contributed by atoms with van der Waals surface area (Å²) < 4.78 is 24.0. The Balaban J connectivity index is 1.76. The molecule has 126 valence electrons. The molecule has 5 heteroatoms. The highest BCUT2D eigenvalue weighted by Crippen LogP contribution is 2.34. The van der Waals surface area contributed by atoms with Gasteiger partial charge in [-0.25, -0.2) is 13.4 Å². The van der Waals surface area contributed by atoms with Gasteiger partial charge in [-0.2, -0.15) is 0 Å². The van der Waals surface area contributed by atoms with Gasteiger partial charge in [0, 0.05) is 11.1 Å². The van der Waals surface area contributed by atoms with Gasteiger partial charge in [-0.3, -0.25) is 0 Å². The second-order valence-electron chi connectivity index (χ2n) is 7.70. The van der Waals surface area contributed by atoms with Gasteiger partial charge in [0.1, 0.15) is 0 Å². The molecule has 1 aliphatic carbocycles. The van der Waals surface area contributed by atoms with E-state index in [1.165, 1.54) is 24.3 Å². The van der Waals surface area contributed by atoms with Crippen molar-refractivity contribution in [2.45, 2.75) is 71.0 Å². The van der Waals surface area contributed by atoms with Crippen molar-refractivity contribution in [2.24, 2.45) is 11.8 Å². The summed E-state index contributed by atoms with van der Waals surface area (Å²) >= 11 is 1.76. The van der Waals surface area contributed by atoms with Crippen LogP contribution in [0, 0.1) is 18.8 Å². The number of aromatic nitrogens is 1. The molecule has 0 N–H and O–H groups in total. The molecule has 0 aromatic carbocycles. The first-order valence-electron chi connectivity index (χ1n) is 8.30. The first-order chi connectivity index (χ1) is 10.2. The number of rotatable bonds is 5. The molecular weight excluding hydrogens is 314 g/mol. The Morgan fingerprint density at radius 3 is 2.27 bits per heavy atom. The Morgan fingerprint density at radius 2 is 1.77 bits per heavy atom. The van der Waals surface area contributed by atoms with Gasteiger partial charge in [-0.05, 0) is 65.2 Å². The van der Waals surface area contributed by atoms with Gasteiger partial charge in [0.15, 0.2) is 9.84 Å². The quantitative estimate of drug-likeness (QED) is 0.796. The summed E-state index contributed by atoms with van der Waals surface area (Å²) in [6, 6.07) is 0. The summed E-state index contributed by atoms with van der Waals surface area (Å²) in [5, 5.41) is 3.36. The van der Waals surface area contributed by atoms with Crippen molar-refractivity contribution < 1.29 is 8.42 Å². The first-order valence-corrected chi connectivity index (χ1v) is 10.8. The largest absolute Gasteiger partial charge is 0.247 e. The molecule has 0 atom stereocenters. The van der Waals surface area contributed by atoms with Gasteiger partial charge in [0.05, 0.1) is 15.5 Å². The van der Waals surface area contributed by atoms with Crippen molar-refractivity contribution in [1.82, 2.24) is 4.98 Å². The molecule has 22 heavy (non-hydrogen) atoms. The minimum atomic E-state index is -2.98. The Labute approximate surface area is 139 Å². The average molecular weight is 344 g/mol. The van der Waals surface area contributed by atoms with Gasteiger partial charge in [-0.15, -0.1) is 11.3 Å². The summed E-state index contributed by atoms with van der Waals surface area (Å²) in [4.78, 5) is 4.52. The second-order valence-corrected chi connectivity index (χ2v) is 11.4. The second kappa shape index (κ2) is 7.00. The Bertz CT molecular complexity index is 576. The molecule has 1 saturated carbocycles. The molecule has 0 amide bonds. The zero-order chi connectivity index (χ0) is 16.4. The molecule has 3 nitrogen and oxygen atoms in total. The van der Waals surface area contributed by atoms with Crippen LogP contribution in [0.5, 0.6) is 0 Å². The van der Waals surface area contributed by atoms with Crippen molar-refractivity contribution in [1.29, 1.82) is 0 Å². The minimum Gasteiger partial charge on any atom is -0.247 e. The van der Waals surface area contributed by atoms with Crippen molar-refractivity contribution in [2.75, 3.05) is 5.75 Å². The molecule has 1 aliphatic rings. The third kappa shape index (κ3) is 4.79. The summed E-state index contributed by atoms with van der Waals surface area (Å²) in [6.45, 7) is 7.47.